The average Bonchev–Trinajstić information content (AvgIpc) is 2.17. The van der Waals surface area contributed by atoms with Crippen molar-refractivity contribution < 1.29 is 14.3 Å². The predicted molar refractivity (Wildman–Crippen MR) is 73.8 cm³/mol. The molecule has 0 fully saturated rings. The van der Waals surface area contributed by atoms with Gasteiger partial charge in [0.1, 0.15) is 0 Å². The highest BCUT2D eigenvalue weighted by atomic mass is 127. The minimum atomic E-state index is -0.343. The molecule has 1 rings (SSSR count). The van der Waals surface area contributed by atoms with Crippen LogP contribution in [0.4, 0.5) is 0 Å². The van der Waals surface area contributed by atoms with E-state index in [1.807, 2.05) is 19.1 Å². The Hall–Kier alpha value is 0.110. The number of hydrogen-bond donors (Lipinski definition) is 0. The van der Waals surface area contributed by atoms with Crippen LogP contribution in [0.25, 0.3) is 0 Å². The molecule has 1 aromatic carbocycles. The van der Waals surface area contributed by atoms with Gasteiger partial charge in [0.25, 0.3) is 0 Å². The maximum Gasteiger partial charge on any atom is 0.341 e. The predicted octanol–water partition coefficient (Wildman–Crippen LogP) is 3.05. The number of carbonyl (C=O) groups is 1. The van der Waals surface area contributed by atoms with E-state index in [4.69, 9.17) is 9.47 Å². The van der Waals surface area contributed by atoms with Crippen molar-refractivity contribution in [2.24, 2.45) is 0 Å². The van der Waals surface area contributed by atoms with Crippen molar-refractivity contribution in [1.82, 2.24) is 0 Å². The number of hydrogen-bond acceptors (Lipinski definition) is 3. The summed E-state index contributed by atoms with van der Waals surface area (Å²) in [6, 6.07) is 5.57. The molecule has 0 aliphatic carbocycles. The second-order valence-electron chi connectivity index (χ2n) is 2.67. The first-order valence-electron chi connectivity index (χ1n) is 4.35. The molecule has 0 saturated carbocycles. The largest absolute Gasteiger partial charge is 0.435 e. The van der Waals surface area contributed by atoms with Gasteiger partial charge in [0.2, 0.25) is 0 Å². The molecule has 82 valence electrons. The van der Waals surface area contributed by atoms with Gasteiger partial charge in [-0.25, -0.2) is 4.79 Å². The fourth-order valence-electron chi connectivity index (χ4n) is 0.911. The molecule has 0 aromatic heterocycles. The summed E-state index contributed by atoms with van der Waals surface area (Å²) < 4.78 is 11.8. The van der Waals surface area contributed by atoms with Crippen LogP contribution in [0.15, 0.2) is 18.2 Å². The highest BCUT2D eigenvalue weighted by molar-refractivity contribution is 14.1. The summed E-state index contributed by atoms with van der Waals surface area (Å²) in [6.07, 6.45) is 0. The maximum atomic E-state index is 11.5. The Labute approximate surface area is 116 Å². The molecule has 0 aliphatic rings. The topological polar surface area (TPSA) is 35.5 Å². The summed E-state index contributed by atoms with van der Waals surface area (Å²) in [5, 5.41) is 0. The Morgan fingerprint density at radius 3 is 2.73 bits per heavy atom. The van der Waals surface area contributed by atoms with Gasteiger partial charge in [-0.2, -0.15) is 0 Å². The van der Waals surface area contributed by atoms with E-state index in [1.165, 1.54) is 0 Å². The molecule has 0 aliphatic heterocycles. The quantitative estimate of drug-likeness (QED) is 0.318. The lowest BCUT2D eigenvalue weighted by atomic mass is 10.2. The van der Waals surface area contributed by atoms with Crippen molar-refractivity contribution >= 4 is 51.2 Å². The lowest BCUT2D eigenvalue weighted by molar-refractivity contribution is -0.0275. The lowest BCUT2D eigenvalue weighted by Gasteiger charge is -2.06. The van der Waals surface area contributed by atoms with E-state index in [0.29, 0.717) is 12.2 Å². The Balaban J connectivity index is 2.65. The van der Waals surface area contributed by atoms with Gasteiger partial charge in [0.15, 0.2) is 6.79 Å². The number of carbonyl (C=O) groups excluding carboxylic acids is 1. The van der Waals surface area contributed by atoms with Crippen molar-refractivity contribution in [3.05, 3.63) is 30.9 Å². The van der Waals surface area contributed by atoms with Crippen LogP contribution in [-0.2, 0) is 9.47 Å². The van der Waals surface area contributed by atoms with E-state index in [2.05, 4.69) is 45.2 Å². The van der Waals surface area contributed by atoms with Gasteiger partial charge in [0, 0.05) is 13.7 Å². The molecule has 0 amide bonds. The summed E-state index contributed by atoms with van der Waals surface area (Å²) in [6.45, 7) is 2.40. The second kappa shape index (κ2) is 6.64. The molecule has 0 unspecified atom stereocenters. The first-order chi connectivity index (χ1) is 7.15. The van der Waals surface area contributed by atoms with Crippen LogP contribution >= 0.6 is 45.2 Å². The minimum absolute atomic E-state index is 0.0113. The van der Waals surface area contributed by atoms with Gasteiger partial charge in [-0.3, -0.25) is 0 Å². The Bertz CT molecular complexity index is 353. The lowest BCUT2D eigenvalue weighted by Crippen LogP contribution is -2.10. The van der Waals surface area contributed by atoms with Crippen molar-refractivity contribution in [2.75, 3.05) is 13.4 Å². The van der Waals surface area contributed by atoms with Crippen LogP contribution < -0.4 is 0 Å². The van der Waals surface area contributed by atoms with Crippen LogP contribution in [0.5, 0.6) is 0 Å². The molecular weight excluding hydrogens is 422 g/mol. The third kappa shape index (κ3) is 4.23. The smallest absolute Gasteiger partial charge is 0.341 e. The van der Waals surface area contributed by atoms with E-state index in [0.717, 1.165) is 7.14 Å². The minimum Gasteiger partial charge on any atom is -0.435 e. The monoisotopic (exact) mass is 432 g/mol. The summed E-state index contributed by atoms with van der Waals surface area (Å²) >= 11 is 4.31. The van der Waals surface area contributed by atoms with E-state index in [-0.39, 0.29) is 12.8 Å². The van der Waals surface area contributed by atoms with Gasteiger partial charge in [-0.05, 0) is 70.3 Å². The summed E-state index contributed by atoms with van der Waals surface area (Å²) in [4.78, 5) is 11.5. The first-order valence-corrected chi connectivity index (χ1v) is 6.50. The average molecular weight is 432 g/mol. The van der Waals surface area contributed by atoms with E-state index < -0.39 is 0 Å². The number of halogens is 2. The third-order valence-electron chi connectivity index (χ3n) is 1.63. The summed E-state index contributed by atoms with van der Waals surface area (Å²) in [7, 11) is 0. The van der Waals surface area contributed by atoms with E-state index in [1.54, 1.807) is 6.07 Å². The van der Waals surface area contributed by atoms with Crippen molar-refractivity contribution in [1.29, 1.82) is 0 Å². The third-order valence-corrected chi connectivity index (χ3v) is 3.19. The Kier molecular flexibility index (Phi) is 5.83. The fourth-order valence-corrected chi connectivity index (χ4v) is 2.73. The zero-order valence-electron chi connectivity index (χ0n) is 8.13. The zero-order valence-corrected chi connectivity index (χ0v) is 12.4. The highest BCUT2D eigenvalue weighted by Crippen LogP contribution is 2.16. The second-order valence-corrected chi connectivity index (χ2v) is 5.07. The number of rotatable bonds is 4. The van der Waals surface area contributed by atoms with Crippen molar-refractivity contribution in [3.63, 3.8) is 0 Å². The molecule has 0 radical (unpaired) electrons. The van der Waals surface area contributed by atoms with Crippen molar-refractivity contribution in [3.8, 4) is 0 Å². The van der Waals surface area contributed by atoms with Gasteiger partial charge in [-0.15, -0.1) is 0 Å². The molecule has 1 aromatic rings. The Morgan fingerprint density at radius 2 is 2.13 bits per heavy atom. The standard InChI is InChI=1S/C10H10I2O3/c1-2-14-6-15-10(13)8-4-3-7(11)5-9(8)12/h3-5H,2,6H2,1H3. The number of benzene rings is 1. The highest BCUT2D eigenvalue weighted by Gasteiger charge is 2.11. The first kappa shape index (κ1) is 13.2. The number of ether oxygens (including phenoxy) is 2. The molecule has 5 heteroatoms. The molecule has 0 atom stereocenters. The molecule has 0 spiro atoms. The summed E-state index contributed by atoms with van der Waals surface area (Å²) in [5.41, 5.74) is 0.579. The van der Waals surface area contributed by atoms with E-state index >= 15 is 0 Å². The molecule has 0 saturated heterocycles. The summed E-state index contributed by atoms with van der Waals surface area (Å²) in [5.74, 6) is -0.343. The van der Waals surface area contributed by atoms with Crippen LogP contribution in [0.2, 0.25) is 0 Å². The molecule has 0 heterocycles. The van der Waals surface area contributed by atoms with Crippen LogP contribution in [0.1, 0.15) is 17.3 Å². The van der Waals surface area contributed by atoms with Gasteiger partial charge in [0.05, 0.1) is 5.56 Å². The van der Waals surface area contributed by atoms with E-state index in [9.17, 15) is 4.79 Å². The molecular formula is C10H10I2O3. The molecule has 0 N–H and O–H groups in total. The fraction of sp³-hybridized carbons (Fsp3) is 0.300. The molecule has 3 nitrogen and oxygen atoms in total. The van der Waals surface area contributed by atoms with Crippen LogP contribution in [0.3, 0.4) is 0 Å². The van der Waals surface area contributed by atoms with Crippen LogP contribution in [-0.4, -0.2) is 19.4 Å². The Morgan fingerprint density at radius 1 is 1.40 bits per heavy atom. The van der Waals surface area contributed by atoms with Crippen molar-refractivity contribution in [2.45, 2.75) is 6.92 Å². The SMILES string of the molecule is CCOCOC(=O)c1ccc(I)cc1I. The van der Waals surface area contributed by atoms with Gasteiger partial charge >= 0.3 is 5.97 Å². The normalized spacial score (nSPS) is 10.1. The molecule has 15 heavy (non-hydrogen) atoms. The molecule has 0 bridgehead atoms. The zero-order chi connectivity index (χ0) is 11.3. The van der Waals surface area contributed by atoms with Gasteiger partial charge in [-0.1, -0.05) is 0 Å². The number of esters is 1. The maximum absolute atomic E-state index is 11.5. The van der Waals surface area contributed by atoms with Gasteiger partial charge < -0.3 is 9.47 Å². The van der Waals surface area contributed by atoms with Crippen LogP contribution in [0, 0.1) is 7.14 Å².